The van der Waals surface area contributed by atoms with Crippen LogP contribution in [0.25, 0.3) is 10.8 Å². The lowest BCUT2D eigenvalue weighted by Gasteiger charge is -2.35. The van der Waals surface area contributed by atoms with Gasteiger partial charge >= 0.3 is 7.12 Å². The second kappa shape index (κ2) is 7.48. The summed E-state index contributed by atoms with van der Waals surface area (Å²) in [6, 6.07) is 22.4. The predicted molar refractivity (Wildman–Crippen MR) is 129 cm³/mol. The lowest BCUT2D eigenvalue weighted by molar-refractivity contribution is 0.00578. The highest BCUT2D eigenvalue weighted by atomic mass is 16.7. The fourth-order valence-corrected chi connectivity index (χ4v) is 4.84. The zero-order valence-electron chi connectivity index (χ0n) is 19.3. The third kappa shape index (κ3) is 3.61. The van der Waals surface area contributed by atoms with Gasteiger partial charge in [0.25, 0.3) is 0 Å². The van der Waals surface area contributed by atoms with Crippen molar-refractivity contribution < 1.29 is 9.31 Å². The second-order valence-corrected chi connectivity index (χ2v) is 10.0. The highest BCUT2D eigenvalue weighted by Gasteiger charge is 2.51. The van der Waals surface area contributed by atoms with E-state index in [1.807, 2.05) is 0 Å². The van der Waals surface area contributed by atoms with E-state index in [9.17, 15) is 0 Å². The average Bonchev–Trinajstić information content (AvgIpc) is 2.99. The number of hydrogen-bond donors (Lipinski definition) is 0. The first-order valence-corrected chi connectivity index (χ1v) is 11.5. The van der Waals surface area contributed by atoms with Gasteiger partial charge in [-0.2, -0.15) is 0 Å². The Balaban J connectivity index is 1.52. The molecule has 1 saturated heterocycles. The minimum atomic E-state index is -0.323. The maximum atomic E-state index is 6.32. The van der Waals surface area contributed by atoms with E-state index >= 15 is 0 Å². The van der Waals surface area contributed by atoms with Crippen LogP contribution >= 0.6 is 0 Å². The molecule has 0 radical (unpaired) electrons. The Morgan fingerprint density at radius 1 is 0.903 bits per heavy atom. The Hall–Kier alpha value is -2.14. The molecule has 0 spiro atoms. The fraction of sp³-hybridized carbons (Fsp3) is 0.407. The van der Waals surface area contributed by atoms with Gasteiger partial charge in [0.05, 0.1) is 11.2 Å². The molecule has 2 aliphatic rings. The number of rotatable bonds is 3. The molecule has 0 saturated carbocycles. The predicted octanol–water partition coefficient (Wildman–Crippen LogP) is 5.11. The van der Waals surface area contributed by atoms with Crippen LogP contribution < -0.4 is 5.46 Å². The summed E-state index contributed by atoms with van der Waals surface area (Å²) in [4.78, 5) is 2.54. The molecule has 4 heteroatoms. The molecule has 5 rings (SSSR count). The van der Waals surface area contributed by atoms with Gasteiger partial charge in [-0.3, -0.25) is 4.90 Å². The summed E-state index contributed by atoms with van der Waals surface area (Å²) in [5, 5.41) is 2.61. The second-order valence-electron chi connectivity index (χ2n) is 10.0. The van der Waals surface area contributed by atoms with E-state index in [0.29, 0.717) is 5.92 Å². The van der Waals surface area contributed by atoms with Gasteiger partial charge in [-0.15, -0.1) is 0 Å². The molecule has 0 N–H and O–H groups in total. The number of nitrogens with zero attached hydrogens (tertiary/aromatic N) is 1. The van der Waals surface area contributed by atoms with Crippen LogP contribution in [0.5, 0.6) is 0 Å². The average molecular weight is 413 g/mol. The van der Waals surface area contributed by atoms with Gasteiger partial charge in [-0.05, 0) is 67.2 Å². The SMILES string of the molecule is CCN1Cc2cc(B3OC(C)(C)C(C)(C)O3)ccc2C(c2ccc3ccccc3c2)C1. The molecule has 31 heavy (non-hydrogen) atoms. The Morgan fingerprint density at radius 3 is 2.32 bits per heavy atom. The third-order valence-corrected chi connectivity index (χ3v) is 7.53. The molecule has 1 fully saturated rings. The van der Waals surface area contributed by atoms with Crippen LogP contribution in [0.3, 0.4) is 0 Å². The smallest absolute Gasteiger partial charge is 0.399 e. The maximum absolute atomic E-state index is 6.32. The van der Waals surface area contributed by atoms with E-state index in [1.54, 1.807) is 0 Å². The highest BCUT2D eigenvalue weighted by Crippen LogP contribution is 2.38. The molecule has 160 valence electrons. The molecular formula is C27H32BNO2. The van der Waals surface area contributed by atoms with Crippen molar-refractivity contribution in [3.8, 4) is 0 Å². The molecule has 3 aromatic carbocycles. The highest BCUT2D eigenvalue weighted by molar-refractivity contribution is 6.62. The van der Waals surface area contributed by atoms with Crippen molar-refractivity contribution in [3.05, 3.63) is 77.4 Å². The van der Waals surface area contributed by atoms with Crippen molar-refractivity contribution in [1.82, 2.24) is 4.90 Å². The molecule has 0 bridgehead atoms. The molecule has 2 heterocycles. The van der Waals surface area contributed by atoms with Gasteiger partial charge in [-0.25, -0.2) is 0 Å². The van der Waals surface area contributed by atoms with Crippen LogP contribution in [0.4, 0.5) is 0 Å². The van der Waals surface area contributed by atoms with Crippen LogP contribution in [-0.4, -0.2) is 36.3 Å². The third-order valence-electron chi connectivity index (χ3n) is 7.53. The van der Waals surface area contributed by atoms with E-state index < -0.39 is 0 Å². The molecular weight excluding hydrogens is 381 g/mol. The minimum Gasteiger partial charge on any atom is -0.399 e. The van der Waals surface area contributed by atoms with Gasteiger partial charge in [-0.1, -0.05) is 67.6 Å². The lowest BCUT2D eigenvalue weighted by atomic mass is 9.75. The number of likely N-dealkylation sites (N-methyl/N-ethyl adjacent to an activating group) is 1. The van der Waals surface area contributed by atoms with Gasteiger partial charge < -0.3 is 9.31 Å². The van der Waals surface area contributed by atoms with Crippen LogP contribution in [0, 0.1) is 0 Å². The van der Waals surface area contributed by atoms with Crippen molar-refractivity contribution in [1.29, 1.82) is 0 Å². The topological polar surface area (TPSA) is 21.7 Å². The zero-order valence-corrected chi connectivity index (χ0v) is 19.3. The van der Waals surface area contributed by atoms with E-state index in [1.165, 1.54) is 27.5 Å². The van der Waals surface area contributed by atoms with E-state index in [4.69, 9.17) is 9.31 Å². The summed E-state index contributed by atoms with van der Waals surface area (Å²) in [6.07, 6.45) is 0. The molecule has 0 aromatic heterocycles. The summed E-state index contributed by atoms with van der Waals surface area (Å²) in [6.45, 7) is 13.8. The van der Waals surface area contributed by atoms with Crippen molar-refractivity contribution in [2.45, 2.75) is 58.3 Å². The first-order chi connectivity index (χ1) is 14.8. The normalized spacial score (nSPS) is 22.6. The summed E-state index contributed by atoms with van der Waals surface area (Å²) in [7, 11) is -0.313. The van der Waals surface area contributed by atoms with Crippen molar-refractivity contribution in [2.75, 3.05) is 13.1 Å². The van der Waals surface area contributed by atoms with Crippen LogP contribution in [-0.2, 0) is 15.9 Å². The number of fused-ring (bicyclic) bond motifs is 2. The van der Waals surface area contributed by atoms with E-state index in [0.717, 1.165) is 25.1 Å². The molecule has 3 aromatic rings. The molecule has 2 aliphatic heterocycles. The fourth-order valence-electron chi connectivity index (χ4n) is 4.84. The molecule has 0 amide bonds. The van der Waals surface area contributed by atoms with E-state index in [-0.39, 0.29) is 18.3 Å². The van der Waals surface area contributed by atoms with Gasteiger partial charge in [0, 0.05) is 19.0 Å². The lowest BCUT2D eigenvalue weighted by Crippen LogP contribution is -2.41. The van der Waals surface area contributed by atoms with Gasteiger partial charge in [0.15, 0.2) is 0 Å². The summed E-state index contributed by atoms with van der Waals surface area (Å²) in [5.41, 5.74) is 4.68. The first kappa shape index (κ1) is 20.8. The van der Waals surface area contributed by atoms with Crippen LogP contribution in [0.15, 0.2) is 60.7 Å². The number of benzene rings is 3. The van der Waals surface area contributed by atoms with Crippen molar-refractivity contribution >= 4 is 23.4 Å². The first-order valence-electron chi connectivity index (χ1n) is 11.5. The van der Waals surface area contributed by atoms with Crippen LogP contribution in [0.1, 0.15) is 57.2 Å². The Labute approximate surface area is 186 Å². The monoisotopic (exact) mass is 413 g/mol. The Morgan fingerprint density at radius 2 is 1.61 bits per heavy atom. The van der Waals surface area contributed by atoms with Crippen LogP contribution in [0.2, 0.25) is 0 Å². The van der Waals surface area contributed by atoms with Crippen molar-refractivity contribution in [3.63, 3.8) is 0 Å². The summed E-state index contributed by atoms with van der Waals surface area (Å²) in [5.74, 6) is 0.376. The molecule has 3 nitrogen and oxygen atoms in total. The number of hydrogen-bond acceptors (Lipinski definition) is 3. The molecule has 1 atom stereocenters. The zero-order chi connectivity index (χ0) is 21.8. The largest absolute Gasteiger partial charge is 0.494 e. The Bertz CT molecular complexity index is 1110. The minimum absolute atomic E-state index is 0.313. The van der Waals surface area contributed by atoms with Gasteiger partial charge in [0.2, 0.25) is 0 Å². The summed E-state index contributed by atoms with van der Waals surface area (Å²) >= 11 is 0. The maximum Gasteiger partial charge on any atom is 0.494 e. The standard InChI is InChI=1S/C27H32BNO2/c1-6-29-17-22-16-23(28-30-26(2,3)27(4,5)31-28)13-14-24(22)25(18-29)21-12-11-19-9-7-8-10-20(19)15-21/h7-16,25H,6,17-18H2,1-5H3. The summed E-state index contributed by atoms with van der Waals surface area (Å²) < 4.78 is 12.6. The molecule has 0 aliphatic carbocycles. The Kier molecular flexibility index (Phi) is 5.00. The van der Waals surface area contributed by atoms with Crippen molar-refractivity contribution in [2.24, 2.45) is 0 Å². The quantitative estimate of drug-likeness (QED) is 0.558. The van der Waals surface area contributed by atoms with Gasteiger partial charge in [0.1, 0.15) is 0 Å². The molecule has 1 unspecified atom stereocenters. The van der Waals surface area contributed by atoms with E-state index in [2.05, 4.69) is 100 Å².